The van der Waals surface area contributed by atoms with Crippen molar-refractivity contribution in [1.29, 1.82) is 0 Å². The molecule has 0 saturated heterocycles. The zero-order valence-electron chi connectivity index (χ0n) is 4.87. The largest absolute Gasteiger partial charge is 0.122 e. The van der Waals surface area contributed by atoms with Gasteiger partial charge in [-0.05, 0) is 13.3 Å². The maximum absolute atomic E-state index is 5.46. The predicted octanol–water partition coefficient (Wildman–Crippen LogP) is 2.58. The van der Waals surface area contributed by atoms with Crippen molar-refractivity contribution in [2.45, 2.75) is 20.3 Å². The van der Waals surface area contributed by atoms with E-state index in [1.807, 2.05) is 6.92 Å². The van der Waals surface area contributed by atoms with E-state index in [4.69, 9.17) is 11.6 Å². The smallest absolute Gasteiger partial charge is 0.0430 e. The van der Waals surface area contributed by atoms with Gasteiger partial charge in [-0.15, -0.1) is 11.6 Å². The van der Waals surface area contributed by atoms with Gasteiger partial charge in [0.05, 0.1) is 0 Å². The quantitative estimate of drug-likeness (QED) is 0.386. The van der Waals surface area contributed by atoms with E-state index in [1.165, 1.54) is 5.57 Å². The van der Waals surface area contributed by atoms with E-state index in [0.29, 0.717) is 5.88 Å². The molecule has 0 aliphatic rings. The number of rotatable bonds is 2. The third-order valence-corrected chi connectivity index (χ3v) is 1.18. The first-order chi connectivity index (χ1) is 3.31. The van der Waals surface area contributed by atoms with E-state index in [2.05, 4.69) is 13.0 Å². The van der Waals surface area contributed by atoms with Gasteiger partial charge in [-0.3, -0.25) is 0 Å². The second kappa shape index (κ2) is 4.20. The van der Waals surface area contributed by atoms with Crippen LogP contribution in [0.5, 0.6) is 0 Å². The average Bonchev–Trinajstić information content (AvgIpc) is 1.68. The van der Waals surface area contributed by atoms with Crippen molar-refractivity contribution in [3.05, 3.63) is 11.6 Å². The number of allylic oxidation sites excluding steroid dienone is 2. The first kappa shape index (κ1) is 7.03. The summed E-state index contributed by atoms with van der Waals surface area (Å²) >= 11 is 5.46. The van der Waals surface area contributed by atoms with Gasteiger partial charge in [0, 0.05) is 5.88 Å². The van der Waals surface area contributed by atoms with E-state index in [0.717, 1.165) is 6.42 Å². The minimum Gasteiger partial charge on any atom is -0.122 e. The fourth-order valence-corrected chi connectivity index (χ4v) is 0.512. The van der Waals surface area contributed by atoms with Crippen LogP contribution >= 0.6 is 11.6 Å². The van der Waals surface area contributed by atoms with Crippen molar-refractivity contribution in [1.82, 2.24) is 0 Å². The summed E-state index contributed by atoms with van der Waals surface area (Å²) in [7, 11) is 0. The van der Waals surface area contributed by atoms with Gasteiger partial charge in [-0.2, -0.15) is 0 Å². The van der Waals surface area contributed by atoms with Crippen molar-refractivity contribution in [2.24, 2.45) is 0 Å². The average molecular weight is 119 g/mol. The summed E-state index contributed by atoms with van der Waals surface area (Å²) in [6.45, 7) is 4.15. The highest BCUT2D eigenvalue weighted by molar-refractivity contribution is 6.19. The van der Waals surface area contributed by atoms with Gasteiger partial charge in [0.1, 0.15) is 0 Å². The highest BCUT2D eigenvalue weighted by atomic mass is 35.5. The molecule has 0 aromatic carbocycles. The van der Waals surface area contributed by atoms with Crippen molar-refractivity contribution in [3.8, 4) is 0 Å². The molecule has 1 heteroatoms. The Kier molecular flexibility index (Phi) is 4.21. The summed E-state index contributed by atoms with van der Waals surface area (Å²) in [6, 6.07) is 0. The van der Waals surface area contributed by atoms with Gasteiger partial charge in [-0.25, -0.2) is 0 Å². The molecule has 0 heterocycles. The molecule has 0 aromatic rings. The van der Waals surface area contributed by atoms with Crippen LogP contribution in [0, 0.1) is 0 Å². The van der Waals surface area contributed by atoms with Gasteiger partial charge in [0.15, 0.2) is 0 Å². The molecule has 0 atom stereocenters. The Hall–Kier alpha value is 0.0300. The predicted molar refractivity (Wildman–Crippen MR) is 34.8 cm³/mol. The van der Waals surface area contributed by atoms with Gasteiger partial charge >= 0.3 is 0 Å². The Morgan fingerprint density at radius 2 is 2.29 bits per heavy atom. The Morgan fingerprint density at radius 1 is 1.71 bits per heavy atom. The lowest BCUT2D eigenvalue weighted by Crippen LogP contribution is -1.72. The maximum atomic E-state index is 5.46. The molecule has 0 unspecified atom stereocenters. The SMILES string of the molecule is CC/C=C(\C)CCl. The van der Waals surface area contributed by atoms with E-state index in [1.54, 1.807) is 0 Å². The van der Waals surface area contributed by atoms with Crippen molar-refractivity contribution in [3.63, 3.8) is 0 Å². The molecule has 0 amide bonds. The summed E-state index contributed by atoms with van der Waals surface area (Å²) in [6.07, 6.45) is 3.23. The van der Waals surface area contributed by atoms with Crippen LogP contribution in [-0.2, 0) is 0 Å². The van der Waals surface area contributed by atoms with E-state index in [-0.39, 0.29) is 0 Å². The minimum absolute atomic E-state index is 0.674. The summed E-state index contributed by atoms with van der Waals surface area (Å²) in [4.78, 5) is 0. The molecule has 0 aliphatic heterocycles. The topological polar surface area (TPSA) is 0 Å². The van der Waals surface area contributed by atoms with E-state index >= 15 is 0 Å². The molecule has 0 spiro atoms. The van der Waals surface area contributed by atoms with Gasteiger partial charge in [-0.1, -0.05) is 18.6 Å². The van der Waals surface area contributed by atoms with Gasteiger partial charge in [0.25, 0.3) is 0 Å². The summed E-state index contributed by atoms with van der Waals surface area (Å²) in [5, 5.41) is 0. The molecule has 0 saturated carbocycles. The number of hydrogen-bond acceptors (Lipinski definition) is 0. The third kappa shape index (κ3) is 3.87. The molecule has 0 aromatic heterocycles. The lowest BCUT2D eigenvalue weighted by atomic mass is 10.3. The summed E-state index contributed by atoms with van der Waals surface area (Å²) < 4.78 is 0. The van der Waals surface area contributed by atoms with Crippen molar-refractivity contribution >= 4 is 11.6 Å². The van der Waals surface area contributed by atoms with Crippen LogP contribution in [0.25, 0.3) is 0 Å². The highest BCUT2D eigenvalue weighted by Gasteiger charge is 1.78. The first-order valence-electron chi connectivity index (χ1n) is 2.52. The lowest BCUT2D eigenvalue weighted by Gasteiger charge is -1.86. The Bertz CT molecular complexity index is 64.6. The summed E-state index contributed by atoms with van der Waals surface area (Å²) in [5.41, 5.74) is 1.27. The fourth-order valence-electron chi connectivity index (χ4n) is 0.403. The molecular formula is C6H11Cl. The fraction of sp³-hybridized carbons (Fsp3) is 0.667. The standard InChI is InChI=1S/C6H11Cl/c1-3-4-6(2)5-7/h4H,3,5H2,1-2H3/b6-4+. The van der Waals surface area contributed by atoms with Crippen LogP contribution in [0.3, 0.4) is 0 Å². The maximum Gasteiger partial charge on any atom is 0.0430 e. The van der Waals surface area contributed by atoms with E-state index < -0.39 is 0 Å². The Morgan fingerprint density at radius 3 is 2.43 bits per heavy atom. The number of halogens is 1. The molecule has 0 aliphatic carbocycles. The van der Waals surface area contributed by atoms with Crippen LogP contribution in [0.15, 0.2) is 11.6 Å². The summed E-state index contributed by atoms with van der Waals surface area (Å²) in [5.74, 6) is 0.674. The molecule has 0 bridgehead atoms. The lowest BCUT2D eigenvalue weighted by molar-refractivity contribution is 1.18. The monoisotopic (exact) mass is 118 g/mol. The molecule has 42 valence electrons. The molecule has 0 nitrogen and oxygen atoms in total. The van der Waals surface area contributed by atoms with Crippen LogP contribution in [0.2, 0.25) is 0 Å². The van der Waals surface area contributed by atoms with E-state index in [9.17, 15) is 0 Å². The first-order valence-corrected chi connectivity index (χ1v) is 3.06. The Labute approximate surface area is 50.2 Å². The number of alkyl halides is 1. The number of hydrogen-bond donors (Lipinski definition) is 0. The Balaban J connectivity index is 3.29. The van der Waals surface area contributed by atoms with Gasteiger partial charge < -0.3 is 0 Å². The van der Waals surface area contributed by atoms with Crippen LogP contribution in [0.1, 0.15) is 20.3 Å². The molecule has 0 N–H and O–H groups in total. The van der Waals surface area contributed by atoms with Crippen molar-refractivity contribution in [2.75, 3.05) is 5.88 Å². The zero-order chi connectivity index (χ0) is 5.70. The molecule has 0 fully saturated rings. The normalized spacial score (nSPS) is 12.1. The highest BCUT2D eigenvalue weighted by Crippen LogP contribution is 1.95. The van der Waals surface area contributed by atoms with Crippen LogP contribution < -0.4 is 0 Å². The third-order valence-electron chi connectivity index (χ3n) is 0.763. The molecular weight excluding hydrogens is 108 g/mol. The zero-order valence-corrected chi connectivity index (χ0v) is 5.63. The van der Waals surface area contributed by atoms with Crippen molar-refractivity contribution < 1.29 is 0 Å². The second-order valence-electron chi connectivity index (χ2n) is 1.59. The second-order valence-corrected chi connectivity index (χ2v) is 1.86. The van der Waals surface area contributed by atoms with Crippen LogP contribution in [0.4, 0.5) is 0 Å². The molecule has 0 rings (SSSR count). The molecule has 0 radical (unpaired) electrons. The molecule has 7 heavy (non-hydrogen) atoms. The minimum atomic E-state index is 0.674. The van der Waals surface area contributed by atoms with Gasteiger partial charge in [0.2, 0.25) is 0 Å². The van der Waals surface area contributed by atoms with Crippen LogP contribution in [-0.4, -0.2) is 5.88 Å².